The van der Waals surface area contributed by atoms with E-state index in [-0.39, 0.29) is 18.2 Å². The van der Waals surface area contributed by atoms with E-state index in [1.807, 2.05) is 18.2 Å². The first-order valence-electron chi connectivity index (χ1n) is 10.1. The molecule has 1 amide bonds. The molecule has 0 fully saturated rings. The van der Waals surface area contributed by atoms with Crippen LogP contribution in [-0.4, -0.2) is 47.3 Å². The molecular formula is C23H33N3O2. The third-order valence-corrected chi connectivity index (χ3v) is 4.41. The van der Waals surface area contributed by atoms with Gasteiger partial charge >= 0.3 is 0 Å². The molecule has 5 nitrogen and oxygen atoms in total. The second-order valence-corrected chi connectivity index (χ2v) is 8.11. The quantitative estimate of drug-likeness (QED) is 0.605. The molecular weight excluding hydrogens is 350 g/mol. The minimum atomic E-state index is -0.0765. The summed E-state index contributed by atoms with van der Waals surface area (Å²) in [5.74, 6) is 1.05. The molecule has 0 bridgehead atoms. The van der Waals surface area contributed by atoms with Crippen LogP contribution in [0.15, 0.2) is 48.7 Å². The molecule has 0 radical (unpaired) electrons. The fourth-order valence-corrected chi connectivity index (χ4v) is 3.35. The standard InChI is InChI=1S/C23H33N3O2/c1-18(2)15-25(16-19(3)4)14-12-24-22(27)17-26-13-8-11-21(26)23(28)20-9-6-5-7-10-20/h5-11,13,18-19H,12,14-17H2,1-4H3,(H,24,27). The lowest BCUT2D eigenvalue weighted by Gasteiger charge is -2.26. The number of aromatic nitrogens is 1. The predicted octanol–water partition coefficient (Wildman–Crippen LogP) is 3.45. The van der Waals surface area contributed by atoms with Crippen molar-refractivity contribution in [2.75, 3.05) is 26.2 Å². The molecule has 0 aliphatic rings. The fourth-order valence-electron chi connectivity index (χ4n) is 3.35. The molecule has 1 N–H and O–H groups in total. The zero-order valence-electron chi connectivity index (χ0n) is 17.5. The SMILES string of the molecule is CC(C)CN(CCNC(=O)Cn1cccc1C(=O)c1ccccc1)CC(C)C. The minimum absolute atomic E-state index is 0.0709. The van der Waals surface area contributed by atoms with E-state index < -0.39 is 0 Å². The van der Waals surface area contributed by atoms with E-state index in [2.05, 4.69) is 37.9 Å². The number of amides is 1. The normalized spacial score (nSPS) is 11.4. The van der Waals surface area contributed by atoms with Crippen molar-refractivity contribution in [3.8, 4) is 0 Å². The smallest absolute Gasteiger partial charge is 0.239 e. The number of benzene rings is 1. The van der Waals surface area contributed by atoms with Gasteiger partial charge in [-0.05, 0) is 24.0 Å². The lowest BCUT2D eigenvalue weighted by Crippen LogP contribution is -2.39. The van der Waals surface area contributed by atoms with Crippen molar-refractivity contribution in [2.24, 2.45) is 11.8 Å². The van der Waals surface area contributed by atoms with Crippen molar-refractivity contribution >= 4 is 11.7 Å². The Kier molecular flexibility index (Phi) is 8.45. The molecule has 0 atom stereocenters. The molecule has 5 heteroatoms. The molecule has 152 valence electrons. The summed E-state index contributed by atoms with van der Waals surface area (Å²) in [5, 5.41) is 2.99. The van der Waals surface area contributed by atoms with Crippen LogP contribution in [0.25, 0.3) is 0 Å². The molecule has 0 aliphatic heterocycles. The highest BCUT2D eigenvalue weighted by atomic mass is 16.2. The molecule has 2 rings (SSSR count). The fraction of sp³-hybridized carbons (Fsp3) is 0.478. The van der Waals surface area contributed by atoms with Gasteiger partial charge in [-0.2, -0.15) is 0 Å². The summed E-state index contributed by atoms with van der Waals surface area (Å²) >= 11 is 0. The predicted molar refractivity (Wildman–Crippen MR) is 113 cm³/mol. The lowest BCUT2D eigenvalue weighted by atomic mass is 10.1. The zero-order chi connectivity index (χ0) is 20.5. The first-order valence-corrected chi connectivity index (χ1v) is 10.1. The monoisotopic (exact) mass is 383 g/mol. The van der Waals surface area contributed by atoms with Gasteiger partial charge in [0.2, 0.25) is 11.7 Å². The summed E-state index contributed by atoms with van der Waals surface area (Å²) in [7, 11) is 0. The van der Waals surface area contributed by atoms with Crippen molar-refractivity contribution in [1.29, 1.82) is 0 Å². The molecule has 0 aliphatic carbocycles. The van der Waals surface area contributed by atoms with Crippen molar-refractivity contribution in [1.82, 2.24) is 14.8 Å². The van der Waals surface area contributed by atoms with Crippen LogP contribution >= 0.6 is 0 Å². The van der Waals surface area contributed by atoms with E-state index in [0.717, 1.165) is 19.6 Å². The number of carbonyl (C=O) groups is 2. The van der Waals surface area contributed by atoms with Gasteiger partial charge in [0.1, 0.15) is 6.54 Å². The summed E-state index contributed by atoms with van der Waals surface area (Å²) in [5.41, 5.74) is 1.16. The summed E-state index contributed by atoms with van der Waals surface area (Å²) < 4.78 is 1.71. The van der Waals surface area contributed by atoms with Gasteiger partial charge in [-0.3, -0.25) is 9.59 Å². The summed E-state index contributed by atoms with van der Waals surface area (Å²) in [6.07, 6.45) is 1.78. The molecule has 2 aromatic rings. The van der Waals surface area contributed by atoms with Gasteiger partial charge in [0.05, 0.1) is 5.69 Å². The number of nitrogens with zero attached hydrogens (tertiary/aromatic N) is 2. The Labute approximate surface area is 168 Å². The van der Waals surface area contributed by atoms with Crippen LogP contribution in [0.1, 0.15) is 43.7 Å². The molecule has 0 spiro atoms. The van der Waals surface area contributed by atoms with Crippen molar-refractivity contribution in [3.63, 3.8) is 0 Å². The third kappa shape index (κ3) is 6.97. The van der Waals surface area contributed by atoms with Crippen LogP contribution in [0.2, 0.25) is 0 Å². The number of ketones is 1. The Morgan fingerprint density at radius 3 is 2.21 bits per heavy atom. The topological polar surface area (TPSA) is 54.3 Å². The molecule has 1 aromatic carbocycles. The van der Waals surface area contributed by atoms with Gasteiger partial charge in [0, 0.05) is 37.9 Å². The van der Waals surface area contributed by atoms with Crippen molar-refractivity contribution in [3.05, 3.63) is 59.9 Å². The van der Waals surface area contributed by atoms with Crippen molar-refractivity contribution in [2.45, 2.75) is 34.2 Å². The van der Waals surface area contributed by atoms with E-state index >= 15 is 0 Å². The second kappa shape index (κ2) is 10.8. The summed E-state index contributed by atoms with van der Waals surface area (Å²) in [6.45, 7) is 12.5. The van der Waals surface area contributed by atoms with Crippen molar-refractivity contribution < 1.29 is 9.59 Å². The number of hydrogen-bond donors (Lipinski definition) is 1. The average molecular weight is 384 g/mol. The molecule has 0 saturated heterocycles. The Morgan fingerprint density at radius 2 is 1.61 bits per heavy atom. The van der Waals surface area contributed by atoms with Gasteiger partial charge < -0.3 is 14.8 Å². The molecule has 0 unspecified atom stereocenters. The van der Waals surface area contributed by atoms with Gasteiger partial charge in [0.25, 0.3) is 0 Å². The molecule has 1 aromatic heterocycles. The maximum Gasteiger partial charge on any atom is 0.239 e. The van der Waals surface area contributed by atoms with E-state index in [1.165, 1.54) is 0 Å². The Hall–Kier alpha value is -2.40. The number of carbonyl (C=O) groups excluding carboxylic acids is 2. The van der Waals surface area contributed by atoms with Gasteiger partial charge in [-0.25, -0.2) is 0 Å². The van der Waals surface area contributed by atoms with Gasteiger partial charge in [-0.1, -0.05) is 58.0 Å². The van der Waals surface area contributed by atoms with Crippen LogP contribution in [0.3, 0.4) is 0 Å². The maximum atomic E-state index is 12.7. The number of nitrogens with one attached hydrogen (secondary N) is 1. The number of hydrogen-bond acceptors (Lipinski definition) is 3. The van der Waals surface area contributed by atoms with E-state index in [4.69, 9.17) is 0 Å². The summed E-state index contributed by atoms with van der Waals surface area (Å²) in [4.78, 5) is 27.4. The van der Waals surface area contributed by atoms with E-state index in [9.17, 15) is 9.59 Å². The van der Waals surface area contributed by atoms with E-state index in [0.29, 0.717) is 29.6 Å². The highest BCUT2D eigenvalue weighted by Gasteiger charge is 2.15. The second-order valence-electron chi connectivity index (χ2n) is 8.11. The Balaban J connectivity index is 1.88. The average Bonchev–Trinajstić information content (AvgIpc) is 3.08. The lowest BCUT2D eigenvalue weighted by molar-refractivity contribution is -0.121. The third-order valence-electron chi connectivity index (χ3n) is 4.41. The van der Waals surface area contributed by atoms with Crippen LogP contribution < -0.4 is 5.32 Å². The summed E-state index contributed by atoms with van der Waals surface area (Å²) in [6, 6.07) is 12.7. The maximum absolute atomic E-state index is 12.7. The van der Waals surface area contributed by atoms with Crippen LogP contribution in [0.5, 0.6) is 0 Å². The minimum Gasteiger partial charge on any atom is -0.353 e. The zero-order valence-corrected chi connectivity index (χ0v) is 17.5. The van der Waals surface area contributed by atoms with Crippen LogP contribution in [-0.2, 0) is 11.3 Å². The van der Waals surface area contributed by atoms with E-state index in [1.54, 1.807) is 35.0 Å². The Bertz CT molecular complexity index is 740. The number of rotatable bonds is 11. The van der Waals surface area contributed by atoms with Crippen LogP contribution in [0.4, 0.5) is 0 Å². The van der Waals surface area contributed by atoms with Gasteiger partial charge in [-0.15, -0.1) is 0 Å². The first kappa shape index (κ1) is 21.9. The molecule has 0 saturated carbocycles. The largest absolute Gasteiger partial charge is 0.353 e. The first-order chi connectivity index (χ1) is 13.4. The highest BCUT2D eigenvalue weighted by Crippen LogP contribution is 2.11. The highest BCUT2D eigenvalue weighted by molar-refractivity contribution is 6.08. The van der Waals surface area contributed by atoms with Gasteiger partial charge in [0.15, 0.2) is 0 Å². The van der Waals surface area contributed by atoms with Crippen LogP contribution in [0, 0.1) is 11.8 Å². The molecule has 28 heavy (non-hydrogen) atoms. The molecule has 1 heterocycles. The Morgan fingerprint density at radius 1 is 0.964 bits per heavy atom.